The van der Waals surface area contributed by atoms with Crippen LogP contribution in [0.5, 0.6) is 0 Å². The van der Waals surface area contributed by atoms with Crippen molar-refractivity contribution in [3.8, 4) is 6.07 Å². The fourth-order valence-electron chi connectivity index (χ4n) is 2.27. The fraction of sp³-hybridized carbons (Fsp3) is 0.429. The van der Waals surface area contributed by atoms with Gasteiger partial charge in [-0.2, -0.15) is 9.57 Å². The van der Waals surface area contributed by atoms with E-state index in [-0.39, 0.29) is 17.2 Å². The molecular formula is C14H16N2O3S. The number of benzene rings is 1. The first-order valence-corrected chi connectivity index (χ1v) is 7.93. The van der Waals surface area contributed by atoms with Crippen LogP contribution in [0.4, 0.5) is 0 Å². The van der Waals surface area contributed by atoms with E-state index in [1.54, 1.807) is 12.1 Å². The average molecular weight is 292 g/mol. The number of nitrogens with zero attached hydrogens (tertiary/aromatic N) is 2. The maximum Gasteiger partial charge on any atom is 0.243 e. The summed E-state index contributed by atoms with van der Waals surface area (Å²) in [6.07, 6.45) is 2.33. The first kappa shape index (κ1) is 14.7. The summed E-state index contributed by atoms with van der Waals surface area (Å²) in [6.45, 7) is 0.761. The second-order valence-corrected chi connectivity index (χ2v) is 6.79. The molecule has 5 nitrogen and oxygen atoms in total. The van der Waals surface area contributed by atoms with Crippen LogP contribution in [0, 0.1) is 17.2 Å². The highest BCUT2D eigenvalue weighted by Crippen LogP contribution is 2.23. The van der Waals surface area contributed by atoms with E-state index in [1.165, 1.54) is 16.4 Å². The summed E-state index contributed by atoms with van der Waals surface area (Å²) in [6, 6.07) is 8.42. The molecular weight excluding hydrogens is 276 g/mol. The molecule has 2 rings (SSSR count). The molecule has 1 saturated heterocycles. The standard InChI is InChI=1S/C14H16N2O3S/c15-8-5-12-1-3-14(4-2-12)20(18,19)16-9-6-13(11-17)7-10-16/h1-4,11,13H,5-7,9-10H2. The van der Waals surface area contributed by atoms with Gasteiger partial charge in [-0.15, -0.1) is 0 Å². The van der Waals surface area contributed by atoms with Crippen LogP contribution < -0.4 is 0 Å². The Labute approximate surface area is 118 Å². The molecule has 1 aliphatic heterocycles. The fourth-order valence-corrected chi connectivity index (χ4v) is 3.74. The molecule has 1 aliphatic rings. The van der Waals surface area contributed by atoms with Crippen molar-refractivity contribution in [2.45, 2.75) is 24.2 Å². The average Bonchev–Trinajstić information content (AvgIpc) is 2.48. The number of hydrogen-bond acceptors (Lipinski definition) is 4. The molecule has 0 radical (unpaired) electrons. The Morgan fingerprint density at radius 3 is 2.35 bits per heavy atom. The summed E-state index contributed by atoms with van der Waals surface area (Å²) in [5.74, 6) is -0.0283. The third-order valence-corrected chi connectivity index (χ3v) is 5.45. The second-order valence-electron chi connectivity index (χ2n) is 4.86. The van der Waals surface area contributed by atoms with Gasteiger partial charge in [0.1, 0.15) is 6.29 Å². The molecule has 106 valence electrons. The van der Waals surface area contributed by atoms with E-state index < -0.39 is 10.0 Å². The monoisotopic (exact) mass is 292 g/mol. The molecule has 1 fully saturated rings. The Morgan fingerprint density at radius 1 is 1.25 bits per heavy atom. The van der Waals surface area contributed by atoms with Gasteiger partial charge in [-0.05, 0) is 30.5 Å². The third kappa shape index (κ3) is 3.06. The highest BCUT2D eigenvalue weighted by molar-refractivity contribution is 7.89. The van der Waals surface area contributed by atoms with Crippen molar-refractivity contribution in [3.63, 3.8) is 0 Å². The smallest absolute Gasteiger partial charge is 0.243 e. The number of carbonyl (C=O) groups is 1. The molecule has 0 aliphatic carbocycles. The zero-order chi connectivity index (χ0) is 14.6. The molecule has 20 heavy (non-hydrogen) atoms. The molecule has 0 N–H and O–H groups in total. The lowest BCUT2D eigenvalue weighted by molar-refractivity contribution is -0.112. The van der Waals surface area contributed by atoms with Gasteiger partial charge >= 0.3 is 0 Å². The number of rotatable bonds is 4. The molecule has 0 bridgehead atoms. The van der Waals surface area contributed by atoms with Crippen molar-refractivity contribution >= 4 is 16.3 Å². The summed E-state index contributed by atoms with van der Waals surface area (Å²) in [7, 11) is -3.49. The van der Waals surface area contributed by atoms with E-state index in [0.29, 0.717) is 25.9 Å². The summed E-state index contributed by atoms with van der Waals surface area (Å²) in [5.41, 5.74) is 0.797. The number of nitriles is 1. The Kier molecular flexibility index (Phi) is 4.53. The molecule has 0 spiro atoms. The quantitative estimate of drug-likeness (QED) is 0.785. The highest BCUT2D eigenvalue weighted by Gasteiger charge is 2.29. The molecule has 6 heteroatoms. The van der Waals surface area contributed by atoms with E-state index in [2.05, 4.69) is 0 Å². The van der Waals surface area contributed by atoms with Gasteiger partial charge in [0.15, 0.2) is 0 Å². The third-order valence-electron chi connectivity index (χ3n) is 3.54. The number of sulfonamides is 1. The lowest BCUT2D eigenvalue weighted by Crippen LogP contribution is -2.38. The largest absolute Gasteiger partial charge is 0.303 e. The van der Waals surface area contributed by atoms with Crippen molar-refractivity contribution in [1.82, 2.24) is 4.31 Å². The number of piperidine rings is 1. The molecule has 0 unspecified atom stereocenters. The van der Waals surface area contributed by atoms with E-state index in [9.17, 15) is 13.2 Å². The summed E-state index contributed by atoms with van der Waals surface area (Å²) in [5, 5.41) is 8.60. The van der Waals surface area contributed by atoms with Crippen LogP contribution in [0.3, 0.4) is 0 Å². The van der Waals surface area contributed by atoms with Crippen LogP contribution in [-0.4, -0.2) is 32.1 Å². The van der Waals surface area contributed by atoms with E-state index >= 15 is 0 Å². The second kappa shape index (κ2) is 6.16. The molecule has 0 atom stereocenters. The maximum atomic E-state index is 12.4. The SMILES string of the molecule is N#CCc1ccc(S(=O)(=O)N2CCC(C=O)CC2)cc1. The van der Waals surface area contributed by atoms with Crippen LogP contribution in [0.2, 0.25) is 0 Å². The zero-order valence-corrected chi connectivity index (χ0v) is 11.8. The molecule has 1 aromatic carbocycles. The topological polar surface area (TPSA) is 78.2 Å². The van der Waals surface area contributed by atoms with Gasteiger partial charge in [-0.25, -0.2) is 8.42 Å². The molecule has 0 aromatic heterocycles. The van der Waals surface area contributed by atoms with Crippen molar-refractivity contribution < 1.29 is 13.2 Å². The van der Waals surface area contributed by atoms with Crippen molar-refractivity contribution in [1.29, 1.82) is 5.26 Å². The van der Waals surface area contributed by atoms with Crippen LogP contribution in [0.15, 0.2) is 29.2 Å². The lowest BCUT2D eigenvalue weighted by Gasteiger charge is -2.28. The minimum absolute atomic E-state index is 0.0283. The number of aldehydes is 1. The normalized spacial score (nSPS) is 17.6. The van der Waals surface area contributed by atoms with Crippen molar-refractivity contribution in [2.24, 2.45) is 5.92 Å². The molecule has 1 heterocycles. The van der Waals surface area contributed by atoms with E-state index in [4.69, 9.17) is 5.26 Å². The lowest BCUT2D eigenvalue weighted by atomic mass is 10.0. The Morgan fingerprint density at radius 2 is 1.85 bits per heavy atom. The molecule has 0 amide bonds. The van der Waals surface area contributed by atoms with E-state index in [1.807, 2.05) is 6.07 Å². The van der Waals surface area contributed by atoms with Gasteiger partial charge in [0, 0.05) is 19.0 Å². The summed E-state index contributed by atoms with van der Waals surface area (Å²) >= 11 is 0. The summed E-state index contributed by atoms with van der Waals surface area (Å²) < 4.78 is 26.3. The van der Waals surface area contributed by atoms with Crippen LogP contribution in [0.1, 0.15) is 18.4 Å². The Balaban J connectivity index is 2.14. The number of hydrogen-bond donors (Lipinski definition) is 0. The molecule has 0 saturated carbocycles. The Hall–Kier alpha value is -1.71. The van der Waals surface area contributed by atoms with Crippen LogP contribution >= 0.6 is 0 Å². The predicted octanol–water partition coefficient (Wildman–Crippen LogP) is 1.35. The van der Waals surface area contributed by atoms with Gasteiger partial charge in [0.2, 0.25) is 10.0 Å². The minimum Gasteiger partial charge on any atom is -0.303 e. The Bertz CT molecular complexity index is 609. The van der Waals surface area contributed by atoms with Gasteiger partial charge < -0.3 is 4.79 Å². The van der Waals surface area contributed by atoms with Gasteiger partial charge in [-0.3, -0.25) is 0 Å². The first-order chi connectivity index (χ1) is 9.57. The minimum atomic E-state index is -3.49. The van der Waals surface area contributed by atoms with E-state index in [0.717, 1.165) is 11.8 Å². The maximum absolute atomic E-state index is 12.4. The predicted molar refractivity (Wildman–Crippen MR) is 73.3 cm³/mol. The van der Waals surface area contributed by atoms with Gasteiger partial charge in [0.25, 0.3) is 0 Å². The van der Waals surface area contributed by atoms with Gasteiger partial charge in [-0.1, -0.05) is 12.1 Å². The van der Waals surface area contributed by atoms with Crippen molar-refractivity contribution in [2.75, 3.05) is 13.1 Å². The van der Waals surface area contributed by atoms with Gasteiger partial charge in [0.05, 0.1) is 17.4 Å². The van der Waals surface area contributed by atoms with Crippen LogP contribution in [0.25, 0.3) is 0 Å². The zero-order valence-electron chi connectivity index (χ0n) is 11.0. The first-order valence-electron chi connectivity index (χ1n) is 6.49. The van der Waals surface area contributed by atoms with Crippen molar-refractivity contribution in [3.05, 3.63) is 29.8 Å². The molecule has 1 aromatic rings. The van der Waals surface area contributed by atoms with Crippen LogP contribution in [-0.2, 0) is 21.2 Å². The summed E-state index contributed by atoms with van der Waals surface area (Å²) in [4.78, 5) is 10.9. The number of carbonyl (C=O) groups excluding carboxylic acids is 1. The highest BCUT2D eigenvalue weighted by atomic mass is 32.2.